The van der Waals surface area contributed by atoms with Crippen molar-refractivity contribution in [1.29, 1.82) is 0 Å². The van der Waals surface area contributed by atoms with Gasteiger partial charge in [0.2, 0.25) is 0 Å². The zero-order chi connectivity index (χ0) is 10.6. The van der Waals surface area contributed by atoms with Crippen LogP contribution in [0.5, 0.6) is 0 Å². The Bertz CT molecular complexity index is 341. The third-order valence-corrected chi connectivity index (χ3v) is 1.95. The first-order valence-corrected chi connectivity index (χ1v) is 4.23. The van der Waals surface area contributed by atoms with Crippen LogP contribution < -0.4 is 5.73 Å². The Labute approximate surface area is 81.9 Å². The SMILES string of the molecule is C#Cc1ccccc1CC(N)C(F)F. The molecule has 3 heteroatoms. The molecule has 0 aliphatic heterocycles. The number of benzene rings is 1. The van der Waals surface area contributed by atoms with E-state index >= 15 is 0 Å². The second-order valence-corrected chi connectivity index (χ2v) is 3.00. The number of halogens is 2. The molecule has 1 unspecified atom stereocenters. The number of alkyl halides is 2. The summed E-state index contributed by atoms with van der Waals surface area (Å²) in [4.78, 5) is 0. The fourth-order valence-corrected chi connectivity index (χ4v) is 1.18. The zero-order valence-electron chi connectivity index (χ0n) is 7.58. The third-order valence-electron chi connectivity index (χ3n) is 1.95. The standard InChI is InChI=1S/C11H11F2N/c1-2-8-5-3-4-6-9(8)7-10(14)11(12)13/h1,3-6,10-11H,7,14H2. The van der Waals surface area contributed by atoms with E-state index in [0.29, 0.717) is 11.1 Å². The Morgan fingerprint density at radius 1 is 1.36 bits per heavy atom. The molecule has 0 fully saturated rings. The highest BCUT2D eigenvalue weighted by atomic mass is 19.3. The predicted molar refractivity (Wildman–Crippen MR) is 52.1 cm³/mol. The molecule has 1 rings (SSSR count). The minimum absolute atomic E-state index is 0.109. The second kappa shape index (κ2) is 4.73. The molecule has 0 saturated carbocycles. The van der Waals surface area contributed by atoms with Crippen molar-refractivity contribution in [2.45, 2.75) is 18.9 Å². The van der Waals surface area contributed by atoms with Crippen LogP contribution in [0, 0.1) is 12.3 Å². The molecule has 0 aliphatic rings. The van der Waals surface area contributed by atoms with Crippen LogP contribution in [0.2, 0.25) is 0 Å². The van der Waals surface area contributed by atoms with Crippen LogP contribution >= 0.6 is 0 Å². The van der Waals surface area contributed by atoms with Crippen LogP contribution in [0.15, 0.2) is 24.3 Å². The molecule has 0 radical (unpaired) electrons. The number of rotatable bonds is 3. The van der Waals surface area contributed by atoms with Gasteiger partial charge in [-0.15, -0.1) is 6.42 Å². The monoisotopic (exact) mass is 195 g/mol. The van der Waals surface area contributed by atoms with E-state index in [9.17, 15) is 8.78 Å². The number of hydrogen-bond acceptors (Lipinski definition) is 1. The van der Waals surface area contributed by atoms with Gasteiger partial charge in [-0.2, -0.15) is 0 Å². The molecule has 0 heterocycles. The summed E-state index contributed by atoms with van der Waals surface area (Å²) in [5.74, 6) is 2.44. The Morgan fingerprint density at radius 2 is 2.00 bits per heavy atom. The van der Waals surface area contributed by atoms with Gasteiger partial charge in [-0.05, 0) is 18.1 Å². The van der Waals surface area contributed by atoms with Crippen LogP contribution in [0.3, 0.4) is 0 Å². The fourth-order valence-electron chi connectivity index (χ4n) is 1.18. The summed E-state index contributed by atoms with van der Waals surface area (Å²) >= 11 is 0. The maximum absolute atomic E-state index is 12.2. The quantitative estimate of drug-likeness (QED) is 0.731. The van der Waals surface area contributed by atoms with E-state index in [1.807, 2.05) is 0 Å². The molecule has 1 atom stereocenters. The summed E-state index contributed by atoms with van der Waals surface area (Å²) in [5, 5.41) is 0. The van der Waals surface area contributed by atoms with Crippen LogP contribution in [0.25, 0.3) is 0 Å². The fraction of sp³-hybridized carbons (Fsp3) is 0.273. The molecule has 0 amide bonds. The number of hydrogen-bond donors (Lipinski definition) is 1. The van der Waals surface area contributed by atoms with Gasteiger partial charge in [0.15, 0.2) is 0 Å². The smallest absolute Gasteiger partial charge is 0.253 e. The van der Waals surface area contributed by atoms with Gasteiger partial charge in [-0.3, -0.25) is 0 Å². The predicted octanol–water partition coefficient (Wildman–Crippen LogP) is 1.80. The minimum atomic E-state index is -2.51. The first-order chi connectivity index (χ1) is 6.65. The molecular formula is C11H11F2N. The van der Waals surface area contributed by atoms with Gasteiger partial charge in [0, 0.05) is 5.56 Å². The maximum Gasteiger partial charge on any atom is 0.253 e. The van der Waals surface area contributed by atoms with Crippen molar-refractivity contribution in [3.8, 4) is 12.3 Å². The lowest BCUT2D eigenvalue weighted by Gasteiger charge is -2.11. The first kappa shape index (κ1) is 10.7. The number of terminal acetylenes is 1. The number of nitrogens with two attached hydrogens (primary N) is 1. The average molecular weight is 195 g/mol. The molecular weight excluding hydrogens is 184 g/mol. The van der Waals surface area contributed by atoms with Crippen LogP contribution in [-0.2, 0) is 6.42 Å². The summed E-state index contributed by atoms with van der Waals surface area (Å²) < 4.78 is 24.3. The summed E-state index contributed by atoms with van der Waals surface area (Å²) in [6.07, 6.45) is 2.82. The van der Waals surface area contributed by atoms with Gasteiger partial charge in [0.1, 0.15) is 0 Å². The van der Waals surface area contributed by atoms with E-state index in [0.717, 1.165) is 0 Å². The lowest BCUT2D eigenvalue weighted by molar-refractivity contribution is 0.116. The van der Waals surface area contributed by atoms with E-state index in [4.69, 9.17) is 12.2 Å². The molecule has 0 saturated heterocycles. The van der Waals surface area contributed by atoms with Crippen molar-refractivity contribution in [3.05, 3.63) is 35.4 Å². The maximum atomic E-state index is 12.2. The molecule has 1 aromatic carbocycles. The summed E-state index contributed by atoms with van der Waals surface area (Å²) in [5.41, 5.74) is 6.58. The van der Waals surface area contributed by atoms with E-state index in [1.54, 1.807) is 24.3 Å². The van der Waals surface area contributed by atoms with E-state index < -0.39 is 12.5 Å². The lowest BCUT2D eigenvalue weighted by Crippen LogP contribution is -2.31. The summed E-state index contributed by atoms with van der Waals surface area (Å²) in [7, 11) is 0. The molecule has 1 nitrogen and oxygen atoms in total. The zero-order valence-corrected chi connectivity index (χ0v) is 7.58. The lowest BCUT2D eigenvalue weighted by atomic mass is 10.0. The first-order valence-electron chi connectivity index (χ1n) is 4.23. The van der Waals surface area contributed by atoms with Crippen molar-refractivity contribution in [2.75, 3.05) is 0 Å². The van der Waals surface area contributed by atoms with Crippen LogP contribution in [0.1, 0.15) is 11.1 Å². The molecule has 1 aromatic rings. The van der Waals surface area contributed by atoms with E-state index in [1.165, 1.54) is 0 Å². The highest BCUT2D eigenvalue weighted by Crippen LogP contribution is 2.12. The van der Waals surface area contributed by atoms with Crippen LogP contribution in [0.4, 0.5) is 8.78 Å². The van der Waals surface area contributed by atoms with Crippen molar-refractivity contribution in [2.24, 2.45) is 5.73 Å². The van der Waals surface area contributed by atoms with Crippen molar-refractivity contribution < 1.29 is 8.78 Å². The molecule has 14 heavy (non-hydrogen) atoms. The van der Waals surface area contributed by atoms with Gasteiger partial charge in [-0.1, -0.05) is 24.1 Å². The van der Waals surface area contributed by atoms with Crippen LogP contribution in [-0.4, -0.2) is 12.5 Å². The van der Waals surface area contributed by atoms with E-state index in [-0.39, 0.29) is 6.42 Å². The minimum Gasteiger partial charge on any atom is -0.323 e. The molecule has 2 N–H and O–H groups in total. The van der Waals surface area contributed by atoms with Gasteiger partial charge >= 0.3 is 0 Å². The third kappa shape index (κ3) is 2.54. The Kier molecular flexibility index (Phi) is 3.61. The largest absolute Gasteiger partial charge is 0.323 e. The van der Waals surface area contributed by atoms with Gasteiger partial charge in [0.05, 0.1) is 6.04 Å². The molecule has 74 valence electrons. The summed E-state index contributed by atoms with van der Waals surface area (Å²) in [6.45, 7) is 0. The normalized spacial score (nSPS) is 12.5. The highest BCUT2D eigenvalue weighted by molar-refractivity contribution is 5.40. The van der Waals surface area contributed by atoms with Gasteiger partial charge < -0.3 is 5.73 Å². The summed E-state index contributed by atoms with van der Waals surface area (Å²) in [6, 6.07) is 5.82. The van der Waals surface area contributed by atoms with E-state index in [2.05, 4.69) is 5.92 Å². The highest BCUT2D eigenvalue weighted by Gasteiger charge is 2.16. The van der Waals surface area contributed by atoms with Gasteiger partial charge in [-0.25, -0.2) is 8.78 Å². The molecule has 0 aliphatic carbocycles. The van der Waals surface area contributed by atoms with Crippen molar-refractivity contribution in [1.82, 2.24) is 0 Å². The Morgan fingerprint density at radius 3 is 2.57 bits per heavy atom. The molecule has 0 aromatic heterocycles. The Balaban J connectivity index is 2.82. The average Bonchev–Trinajstić information content (AvgIpc) is 2.18. The molecule has 0 spiro atoms. The van der Waals surface area contributed by atoms with Gasteiger partial charge in [0.25, 0.3) is 6.43 Å². The second-order valence-electron chi connectivity index (χ2n) is 3.00. The van der Waals surface area contributed by atoms with Crippen molar-refractivity contribution >= 4 is 0 Å². The van der Waals surface area contributed by atoms with Crippen molar-refractivity contribution in [3.63, 3.8) is 0 Å². The molecule has 0 bridgehead atoms. The topological polar surface area (TPSA) is 26.0 Å². The Hall–Kier alpha value is -1.40.